The van der Waals surface area contributed by atoms with Crippen LogP contribution in [0.15, 0.2) is 42.7 Å². The van der Waals surface area contributed by atoms with E-state index < -0.39 is 0 Å². The van der Waals surface area contributed by atoms with Gasteiger partial charge in [0.2, 0.25) is 0 Å². The Morgan fingerprint density at radius 3 is 2.48 bits per heavy atom. The van der Waals surface area contributed by atoms with E-state index in [0.29, 0.717) is 5.56 Å². The SMILES string of the molecule is CCC(NC(=O)c1ccc(-n2nc(C)cc2C)cc1)c1cnn(C)c1. The zero-order valence-corrected chi connectivity index (χ0v) is 15.0. The molecule has 1 unspecified atom stereocenters. The number of carbonyl (C=O) groups excluding carboxylic acids is 1. The van der Waals surface area contributed by atoms with Crippen LogP contribution in [-0.2, 0) is 7.05 Å². The van der Waals surface area contributed by atoms with E-state index in [2.05, 4.69) is 15.5 Å². The second kappa shape index (κ2) is 6.93. The van der Waals surface area contributed by atoms with Crippen LogP contribution in [-0.4, -0.2) is 25.5 Å². The highest BCUT2D eigenvalue weighted by Crippen LogP contribution is 2.17. The highest BCUT2D eigenvalue weighted by molar-refractivity contribution is 5.94. The maximum Gasteiger partial charge on any atom is 0.251 e. The molecule has 3 rings (SSSR count). The molecule has 1 aromatic carbocycles. The fraction of sp³-hybridized carbons (Fsp3) is 0.316. The molecule has 0 aliphatic carbocycles. The van der Waals surface area contributed by atoms with Crippen LogP contribution in [0.2, 0.25) is 0 Å². The van der Waals surface area contributed by atoms with Gasteiger partial charge in [0, 0.05) is 30.1 Å². The molecule has 6 heteroatoms. The monoisotopic (exact) mass is 337 g/mol. The van der Waals surface area contributed by atoms with E-state index in [1.165, 1.54) is 0 Å². The Morgan fingerprint density at radius 1 is 1.24 bits per heavy atom. The van der Waals surface area contributed by atoms with E-state index in [-0.39, 0.29) is 11.9 Å². The Balaban J connectivity index is 1.75. The first-order valence-electron chi connectivity index (χ1n) is 8.41. The minimum Gasteiger partial charge on any atom is -0.345 e. The van der Waals surface area contributed by atoms with Crippen LogP contribution in [0.4, 0.5) is 0 Å². The second-order valence-corrected chi connectivity index (χ2v) is 6.27. The predicted octanol–water partition coefficient (Wildman–Crippen LogP) is 3.10. The summed E-state index contributed by atoms with van der Waals surface area (Å²) in [4.78, 5) is 12.6. The Labute approximate surface area is 147 Å². The number of rotatable bonds is 5. The van der Waals surface area contributed by atoms with E-state index in [9.17, 15) is 4.79 Å². The summed E-state index contributed by atoms with van der Waals surface area (Å²) in [6.07, 6.45) is 4.53. The molecule has 0 radical (unpaired) electrons. The third kappa shape index (κ3) is 3.63. The molecular weight excluding hydrogens is 314 g/mol. The van der Waals surface area contributed by atoms with Crippen molar-refractivity contribution in [2.24, 2.45) is 7.05 Å². The lowest BCUT2D eigenvalue weighted by molar-refractivity contribution is 0.0935. The molecule has 25 heavy (non-hydrogen) atoms. The number of amides is 1. The summed E-state index contributed by atoms with van der Waals surface area (Å²) in [6, 6.07) is 9.48. The second-order valence-electron chi connectivity index (χ2n) is 6.27. The lowest BCUT2D eigenvalue weighted by atomic mass is 10.1. The minimum atomic E-state index is -0.0874. The summed E-state index contributed by atoms with van der Waals surface area (Å²) in [5, 5.41) is 11.7. The van der Waals surface area contributed by atoms with Gasteiger partial charge in [-0.15, -0.1) is 0 Å². The topological polar surface area (TPSA) is 64.7 Å². The largest absolute Gasteiger partial charge is 0.345 e. The number of nitrogens with one attached hydrogen (secondary N) is 1. The highest BCUT2D eigenvalue weighted by atomic mass is 16.1. The molecule has 0 spiro atoms. The van der Waals surface area contributed by atoms with Crippen LogP contribution in [0.25, 0.3) is 5.69 Å². The summed E-state index contributed by atoms with van der Waals surface area (Å²) in [5.41, 5.74) is 4.63. The summed E-state index contributed by atoms with van der Waals surface area (Å²) in [7, 11) is 1.87. The van der Waals surface area contributed by atoms with Gasteiger partial charge in [0.15, 0.2) is 0 Å². The van der Waals surface area contributed by atoms with Gasteiger partial charge in [0.05, 0.1) is 23.6 Å². The Kier molecular flexibility index (Phi) is 4.70. The number of aryl methyl sites for hydroxylation is 3. The van der Waals surface area contributed by atoms with Crippen LogP contribution in [0.5, 0.6) is 0 Å². The lowest BCUT2D eigenvalue weighted by Gasteiger charge is -2.15. The van der Waals surface area contributed by atoms with Crippen molar-refractivity contribution < 1.29 is 4.79 Å². The zero-order chi connectivity index (χ0) is 18.0. The van der Waals surface area contributed by atoms with Crippen molar-refractivity contribution in [2.45, 2.75) is 33.2 Å². The third-order valence-electron chi connectivity index (χ3n) is 4.22. The van der Waals surface area contributed by atoms with Crippen LogP contribution in [0.3, 0.4) is 0 Å². The molecule has 0 fully saturated rings. The van der Waals surface area contributed by atoms with Crippen molar-refractivity contribution in [1.29, 1.82) is 0 Å². The molecule has 1 atom stereocenters. The number of carbonyl (C=O) groups is 1. The molecule has 2 heterocycles. The molecule has 1 N–H and O–H groups in total. The molecule has 0 saturated heterocycles. The van der Waals surface area contributed by atoms with Crippen LogP contribution < -0.4 is 5.32 Å². The normalized spacial score (nSPS) is 12.2. The third-order valence-corrected chi connectivity index (χ3v) is 4.22. The number of nitrogens with zero attached hydrogens (tertiary/aromatic N) is 4. The zero-order valence-electron chi connectivity index (χ0n) is 15.0. The van der Waals surface area contributed by atoms with Crippen LogP contribution in [0.1, 0.15) is 46.7 Å². The van der Waals surface area contributed by atoms with Crippen molar-refractivity contribution in [3.63, 3.8) is 0 Å². The van der Waals surface area contributed by atoms with Gasteiger partial charge < -0.3 is 5.32 Å². The molecular formula is C19H23N5O. The van der Waals surface area contributed by atoms with Gasteiger partial charge in [0.25, 0.3) is 5.91 Å². The van der Waals surface area contributed by atoms with Crippen molar-refractivity contribution >= 4 is 5.91 Å². The van der Waals surface area contributed by atoms with E-state index in [1.807, 2.05) is 69.0 Å². The van der Waals surface area contributed by atoms with Gasteiger partial charge in [-0.2, -0.15) is 10.2 Å². The van der Waals surface area contributed by atoms with Crippen molar-refractivity contribution in [2.75, 3.05) is 0 Å². The summed E-state index contributed by atoms with van der Waals surface area (Å²) < 4.78 is 3.62. The smallest absolute Gasteiger partial charge is 0.251 e. The molecule has 6 nitrogen and oxygen atoms in total. The van der Waals surface area contributed by atoms with Crippen molar-refractivity contribution in [1.82, 2.24) is 24.9 Å². The van der Waals surface area contributed by atoms with E-state index in [0.717, 1.165) is 29.1 Å². The van der Waals surface area contributed by atoms with Crippen LogP contribution in [0, 0.1) is 13.8 Å². The molecule has 1 amide bonds. The van der Waals surface area contributed by atoms with Gasteiger partial charge in [-0.05, 0) is 50.6 Å². The first-order valence-corrected chi connectivity index (χ1v) is 8.41. The first-order chi connectivity index (χ1) is 12.0. The van der Waals surface area contributed by atoms with Crippen molar-refractivity contribution in [3.8, 4) is 5.69 Å². The van der Waals surface area contributed by atoms with Gasteiger partial charge in [0.1, 0.15) is 0 Å². The summed E-state index contributed by atoms with van der Waals surface area (Å²) >= 11 is 0. The Morgan fingerprint density at radius 2 is 1.96 bits per heavy atom. The summed E-state index contributed by atoms with van der Waals surface area (Å²) in [5.74, 6) is -0.0874. The Bertz CT molecular complexity index is 876. The molecule has 0 bridgehead atoms. The average molecular weight is 337 g/mol. The Hall–Kier alpha value is -2.89. The average Bonchev–Trinajstić information content (AvgIpc) is 3.17. The first kappa shape index (κ1) is 17.0. The predicted molar refractivity (Wildman–Crippen MR) is 96.7 cm³/mol. The molecule has 2 aromatic heterocycles. The molecule has 130 valence electrons. The minimum absolute atomic E-state index is 0.0446. The fourth-order valence-electron chi connectivity index (χ4n) is 2.93. The standard InChI is InChI=1S/C19H23N5O/c1-5-18(16-11-20-23(4)12-16)21-19(25)15-6-8-17(9-7-15)24-14(3)10-13(2)22-24/h6-12,18H,5H2,1-4H3,(H,21,25). The lowest BCUT2D eigenvalue weighted by Crippen LogP contribution is -2.27. The maximum absolute atomic E-state index is 12.6. The number of hydrogen-bond acceptors (Lipinski definition) is 3. The van der Waals surface area contributed by atoms with Crippen molar-refractivity contribution in [3.05, 3.63) is 65.2 Å². The number of hydrogen-bond donors (Lipinski definition) is 1. The molecule has 0 aliphatic heterocycles. The number of aromatic nitrogens is 4. The van der Waals surface area contributed by atoms with Gasteiger partial charge in [-0.3, -0.25) is 9.48 Å². The van der Waals surface area contributed by atoms with Crippen LogP contribution >= 0.6 is 0 Å². The number of benzene rings is 1. The van der Waals surface area contributed by atoms with Gasteiger partial charge in [-0.1, -0.05) is 6.92 Å². The quantitative estimate of drug-likeness (QED) is 0.778. The fourth-order valence-corrected chi connectivity index (χ4v) is 2.93. The molecule has 3 aromatic rings. The molecule has 0 aliphatic rings. The molecule has 0 saturated carbocycles. The highest BCUT2D eigenvalue weighted by Gasteiger charge is 2.15. The van der Waals surface area contributed by atoms with E-state index >= 15 is 0 Å². The van der Waals surface area contributed by atoms with E-state index in [4.69, 9.17) is 0 Å². The van der Waals surface area contributed by atoms with Gasteiger partial charge >= 0.3 is 0 Å². The maximum atomic E-state index is 12.6. The van der Waals surface area contributed by atoms with Gasteiger partial charge in [-0.25, -0.2) is 4.68 Å². The summed E-state index contributed by atoms with van der Waals surface area (Å²) in [6.45, 7) is 6.03. The van der Waals surface area contributed by atoms with E-state index in [1.54, 1.807) is 10.9 Å².